The second-order valence-electron chi connectivity index (χ2n) is 5.97. The molecule has 0 radical (unpaired) electrons. The average molecular weight is 316 g/mol. The van der Waals surface area contributed by atoms with Crippen molar-refractivity contribution in [2.24, 2.45) is 0 Å². The van der Waals surface area contributed by atoms with E-state index in [-0.39, 0.29) is 6.04 Å². The standard InChI is InChI=1S/C14H19ClFN3O2/c1-14(2,3)21-13(20)19-5-4-17-11(8-19)10-6-9(15)7-18-12(10)16/h6-7,11,17H,4-5,8H2,1-3H3. The molecule has 1 aromatic heterocycles. The summed E-state index contributed by atoms with van der Waals surface area (Å²) in [5.41, 5.74) is -0.198. The Morgan fingerprint density at radius 1 is 1.57 bits per heavy atom. The fraction of sp³-hybridized carbons (Fsp3) is 0.571. The summed E-state index contributed by atoms with van der Waals surface area (Å²) in [5, 5.41) is 3.53. The molecule has 2 heterocycles. The number of piperazine rings is 1. The maximum Gasteiger partial charge on any atom is 0.410 e. The third kappa shape index (κ3) is 4.28. The molecule has 1 amide bonds. The van der Waals surface area contributed by atoms with Gasteiger partial charge in [-0.3, -0.25) is 0 Å². The summed E-state index contributed by atoms with van der Waals surface area (Å²) < 4.78 is 19.1. The van der Waals surface area contributed by atoms with Crippen LogP contribution in [0.4, 0.5) is 9.18 Å². The van der Waals surface area contributed by atoms with Crippen LogP contribution in [0.15, 0.2) is 12.3 Å². The van der Waals surface area contributed by atoms with Crippen LogP contribution in [0.2, 0.25) is 5.02 Å². The van der Waals surface area contributed by atoms with Crippen molar-refractivity contribution < 1.29 is 13.9 Å². The molecule has 1 saturated heterocycles. The van der Waals surface area contributed by atoms with Crippen LogP contribution in [0.25, 0.3) is 0 Å². The second-order valence-corrected chi connectivity index (χ2v) is 6.40. The van der Waals surface area contributed by atoms with Gasteiger partial charge in [-0.25, -0.2) is 9.78 Å². The summed E-state index contributed by atoms with van der Waals surface area (Å²) in [7, 11) is 0. The van der Waals surface area contributed by atoms with Gasteiger partial charge in [0.1, 0.15) is 5.60 Å². The summed E-state index contributed by atoms with van der Waals surface area (Å²) in [6.45, 7) is 6.81. The number of carbonyl (C=O) groups is 1. The van der Waals surface area contributed by atoms with Crippen LogP contribution in [0, 0.1) is 5.95 Å². The molecular weight excluding hydrogens is 297 g/mol. The maximum atomic E-state index is 13.8. The Labute approximate surface area is 128 Å². The van der Waals surface area contributed by atoms with Crippen molar-refractivity contribution in [2.45, 2.75) is 32.4 Å². The van der Waals surface area contributed by atoms with E-state index in [9.17, 15) is 9.18 Å². The minimum absolute atomic E-state index is 0.313. The molecule has 0 bridgehead atoms. The van der Waals surface area contributed by atoms with Crippen LogP contribution in [0.5, 0.6) is 0 Å². The molecule has 1 fully saturated rings. The van der Waals surface area contributed by atoms with Gasteiger partial charge >= 0.3 is 6.09 Å². The minimum Gasteiger partial charge on any atom is -0.444 e. The predicted octanol–water partition coefficient (Wildman–Crippen LogP) is 2.76. The van der Waals surface area contributed by atoms with Crippen molar-refractivity contribution in [3.8, 4) is 0 Å². The molecule has 1 aromatic rings. The molecule has 116 valence electrons. The lowest BCUT2D eigenvalue weighted by molar-refractivity contribution is 0.0193. The van der Waals surface area contributed by atoms with Crippen molar-refractivity contribution in [3.05, 3.63) is 28.8 Å². The molecule has 0 aromatic carbocycles. The molecule has 0 spiro atoms. The van der Waals surface area contributed by atoms with Crippen LogP contribution < -0.4 is 5.32 Å². The van der Waals surface area contributed by atoms with Gasteiger partial charge in [-0.2, -0.15) is 4.39 Å². The van der Waals surface area contributed by atoms with Crippen LogP contribution in [-0.2, 0) is 4.74 Å². The number of amides is 1. The fourth-order valence-electron chi connectivity index (χ4n) is 2.13. The number of hydrogen-bond donors (Lipinski definition) is 1. The van der Waals surface area contributed by atoms with Gasteiger partial charge in [0.2, 0.25) is 5.95 Å². The van der Waals surface area contributed by atoms with Crippen molar-refractivity contribution in [1.29, 1.82) is 0 Å². The number of aromatic nitrogens is 1. The Balaban J connectivity index is 2.10. The van der Waals surface area contributed by atoms with E-state index < -0.39 is 17.6 Å². The minimum atomic E-state index is -0.581. The van der Waals surface area contributed by atoms with Gasteiger partial charge in [-0.15, -0.1) is 0 Å². The monoisotopic (exact) mass is 315 g/mol. The highest BCUT2D eigenvalue weighted by atomic mass is 35.5. The zero-order valence-electron chi connectivity index (χ0n) is 12.3. The predicted molar refractivity (Wildman–Crippen MR) is 77.8 cm³/mol. The number of rotatable bonds is 1. The van der Waals surface area contributed by atoms with E-state index in [1.54, 1.807) is 4.90 Å². The highest BCUT2D eigenvalue weighted by molar-refractivity contribution is 6.30. The first-order chi connectivity index (χ1) is 9.76. The smallest absolute Gasteiger partial charge is 0.410 e. The van der Waals surface area contributed by atoms with E-state index in [1.807, 2.05) is 20.8 Å². The van der Waals surface area contributed by atoms with Crippen LogP contribution in [0.1, 0.15) is 32.4 Å². The summed E-state index contributed by atoms with van der Waals surface area (Å²) in [6.07, 6.45) is 0.860. The largest absolute Gasteiger partial charge is 0.444 e. The zero-order chi connectivity index (χ0) is 15.6. The van der Waals surface area contributed by atoms with Gasteiger partial charge in [0.15, 0.2) is 0 Å². The summed E-state index contributed by atoms with van der Waals surface area (Å²) >= 11 is 5.86. The number of pyridine rings is 1. The number of carbonyl (C=O) groups excluding carboxylic acids is 1. The van der Waals surface area contributed by atoms with Crippen LogP contribution in [0.3, 0.4) is 0 Å². The number of nitrogens with one attached hydrogen (secondary N) is 1. The molecule has 1 unspecified atom stereocenters. The maximum absolute atomic E-state index is 13.8. The Hall–Kier alpha value is -1.40. The van der Waals surface area contributed by atoms with Gasteiger partial charge < -0.3 is 15.0 Å². The molecule has 21 heavy (non-hydrogen) atoms. The van der Waals surface area contributed by atoms with Crippen LogP contribution >= 0.6 is 11.6 Å². The molecule has 5 nitrogen and oxygen atoms in total. The Morgan fingerprint density at radius 2 is 2.29 bits per heavy atom. The summed E-state index contributed by atoms with van der Waals surface area (Å²) in [5.74, 6) is -0.581. The third-order valence-electron chi connectivity index (χ3n) is 3.04. The van der Waals surface area contributed by atoms with Gasteiger partial charge in [-0.1, -0.05) is 11.6 Å². The molecule has 0 aliphatic carbocycles. The Morgan fingerprint density at radius 3 is 2.95 bits per heavy atom. The first-order valence-electron chi connectivity index (χ1n) is 6.78. The van der Waals surface area contributed by atoms with E-state index in [2.05, 4.69) is 10.3 Å². The summed E-state index contributed by atoms with van der Waals surface area (Å²) in [4.78, 5) is 17.3. The number of ether oxygens (including phenoxy) is 1. The lowest BCUT2D eigenvalue weighted by atomic mass is 10.1. The van der Waals surface area contributed by atoms with Crippen molar-refractivity contribution >= 4 is 17.7 Å². The number of halogens is 2. The second kappa shape index (κ2) is 6.15. The molecule has 1 aliphatic heterocycles. The molecule has 2 rings (SSSR count). The first-order valence-corrected chi connectivity index (χ1v) is 7.16. The SMILES string of the molecule is CC(C)(C)OC(=O)N1CCNC(c2cc(Cl)cnc2F)C1. The van der Waals surface area contributed by atoms with Crippen molar-refractivity contribution in [1.82, 2.24) is 15.2 Å². The number of hydrogen-bond acceptors (Lipinski definition) is 4. The van der Waals surface area contributed by atoms with Gasteiger partial charge in [-0.05, 0) is 26.8 Å². The fourth-order valence-corrected chi connectivity index (χ4v) is 2.30. The molecular formula is C14H19ClFN3O2. The Bertz CT molecular complexity index is 533. The zero-order valence-corrected chi connectivity index (χ0v) is 13.1. The van der Waals surface area contributed by atoms with Crippen molar-refractivity contribution in [2.75, 3.05) is 19.6 Å². The highest BCUT2D eigenvalue weighted by Crippen LogP contribution is 2.23. The molecule has 7 heteroatoms. The molecule has 1 atom stereocenters. The van der Waals surface area contributed by atoms with E-state index in [4.69, 9.17) is 16.3 Å². The quantitative estimate of drug-likeness (QED) is 0.810. The lowest BCUT2D eigenvalue weighted by Gasteiger charge is -2.35. The third-order valence-corrected chi connectivity index (χ3v) is 3.24. The highest BCUT2D eigenvalue weighted by Gasteiger charge is 2.29. The Kier molecular flexibility index (Phi) is 4.68. The lowest BCUT2D eigenvalue weighted by Crippen LogP contribution is -2.49. The molecule has 1 aliphatic rings. The average Bonchev–Trinajstić information content (AvgIpc) is 2.40. The van der Waals surface area contributed by atoms with Gasteiger partial charge in [0, 0.05) is 31.4 Å². The molecule has 1 N–H and O–H groups in total. The summed E-state index contributed by atoms with van der Waals surface area (Å²) in [6, 6.07) is 1.18. The van der Waals surface area contributed by atoms with E-state index >= 15 is 0 Å². The van der Waals surface area contributed by atoms with E-state index in [1.165, 1.54) is 12.3 Å². The first kappa shape index (κ1) is 16.0. The topological polar surface area (TPSA) is 54.5 Å². The van der Waals surface area contributed by atoms with Gasteiger partial charge in [0.25, 0.3) is 0 Å². The van der Waals surface area contributed by atoms with Gasteiger partial charge in [0.05, 0.1) is 11.1 Å². The van der Waals surface area contributed by atoms with E-state index in [0.717, 1.165) is 0 Å². The van der Waals surface area contributed by atoms with Crippen LogP contribution in [-0.4, -0.2) is 41.2 Å². The van der Waals surface area contributed by atoms with Crippen molar-refractivity contribution in [3.63, 3.8) is 0 Å². The molecule has 0 saturated carbocycles. The van der Waals surface area contributed by atoms with E-state index in [0.29, 0.717) is 30.2 Å². The normalized spacial score (nSPS) is 19.5. The number of nitrogens with zero attached hydrogens (tertiary/aromatic N) is 2.